The third kappa shape index (κ3) is 3.61. The molecule has 2 atom stereocenters. The highest BCUT2D eigenvalue weighted by Gasteiger charge is 2.43. The van der Waals surface area contributed by atoms with Gasteiger partial charge >= 0.3 is 0 Å². The number of pyridine rings is 1. The van der Waals surface area contributed by atoms with Crippen LogP contribution in [0.3, 0.4) is 0 Å². The average Bonchev–Trinajstić information content (AvgIpc) is 3.40. The van der Waals surface area contributed by atoms with E-state index in [9.17, 15) is 9.59 Å². The molecule has 2 amide bonds. The van der Waals surface area contributed by atoms with Crippen LogP contribution in [0.15, 0.2) is 47.0 Å². The van der Waals surface area contributed by atoms with E-state index in [0.717, 1.165) is 29.6 Å². The maximum Gasteiger partial charge on any atom is 0.259 e. The predicted molar refractivity (Wildman–Crippen MR) is 120 cm³/mol. The summed E-state index contributed by atoms with van der Waals surface area (Å²) >= 11 is 0. The number of hydrogen-bond acceptors (Lipinski definition) is 5. The molecule has 0 N–H and O–H groups in total. The quantitative estimate of drug-likeness (QED) is 0.624. The van der Waals surface area contributed by atoms with Gasteiger partial charge < -0.3 is 19.0 Å². The number of rotatable bonds is 4. The lowest BCUT2D eigenvalue weighted by atomic mass is 9.91. The fourth-order valence-electron chi connectivity index (χ4n) is 5.05. The first-order valence-electron chi connectivity index (χ1n) is 11.2. The number of fused-ring (bicyclic) bond motifs is 2. The molecule has 32 heavy (non-hydrogen) atoms. The summed E-state index contributed by atoms with van der Waals surface area (Å²) in [5.41, 5.74) is 1.92. The smallest absolute Gasteiger partial charge is 0.259 e. The van der Waals surface area contributed by atoms with Crippen molar-refractivity contribution in [3.63, 3.8) is 0 Å². The van der Waals surface area contributed by atoms with Gasteiger partial charge in [-0.3, -0.25) is 9.59 Å². The summed E-state index contributed by atoms with van der Waals surface area (Å²) in [4.78, 5) is 34.8. The van der Waals surface area contributed by atoms with E-state index in [1.807, 2.05) is 47.9 Å². The molecule has 0 bridgehead atoms. The van der Waals surface area contributed by atoms with Crippen LogP contribution in [-0.4, -0.2) is 58.9 Å². The van der Waals surface area contributed by atoms with Crippen molar-refractivity contribution in [2.24, 2.45) is 5.92 Å². The number of piperidine rings is 1. The van der Waals surface area contributed by atoms with Gasteiger partial charge in [0, 0.05) is 36.8 Å². The second-order valence-corrected chi connectivity index (χ2v) is 8.58. The molecular weight excluding hydrogens is 406 g/mol. The molecule has 2 aliphatic rings. The summed E-state index contributed by atoms with van der Waals surface area (Å²) < 4.78 is 11.2. The van der Waals surface area contributed by atoms with Crippen molar-refractivity contribution in [1.82, 2.24) is 14.8 Å². The predicted octanol–water partition coefficient (Wildman–Crippen LogP) is 3.91. The van der Waals surface area contributed by atoms with Crippen molar-refractivity contribution < 1.29 is 18.7 Å². The first-order chi connectivity index (χ1) is 15.5. The number of aryl methyl sites for hydroxylation is 1. The Kier molecular flexibility index (Phi) is 5.33. The summed E-state index contributed by atoms with van der Waals surface area (Å²) in [5.74, 6) is 1.41. The highest BCUT2D eigenvalue weighted by atomic mass is 16.5. The molecule has 2 aromatic heterocycles. The van der Waals surface area contributed by atoms with Crippen molar-refractivity contribution >= 4 is 22.8 Å². The number of nitrogens with zero attached hydrogens (tertiary/aromatic N) is 3. The number of likely N-dealkylation sites (tertiary alicyclic amines) is 2. The summed E-state index contributed by atoms with van der Waals surface area (Å²) in [6.07, 6.45) is 3.58. The van der Waals surface area contributed by atoms with E-state index in [0.29, 0.717) is 43.2 Å². The summed E-state index contributed by atoms with van der Waals surface area (Å²) in [5, 5.41) is 0.932. The molecule has 7 nitrogen and oxygen atoms in total. The molecular formula is C25H27N3O4. The minimum atomic E-state index is -0.0687. The molecule has 0 spiro atoms. The second kappa shape index (κ2) is 8.30. The number of ether oxygens (including phenoxy) is 1. The first kappa shape index (κ1) is 20.5. The van der Waals surface area contributed by atoms with Crippen molar-refractivity contribution in [3.05, 3.63) is 59.5 Å². The van der Waals surface area contributed by atoms with Gasteiger partial charge in [0.2, 0.25) is 5.88 Å². The number of hydrogen-bond donors (Lipinski definition) is 0. The summed E-state index contributed by atoms with van der Waals surface area (Å²) in [7, 11) is 0. The fourth-order valence-corrected chi connectivity index (χ4v) is 5.05. The molecule has 2 saturated heterocycles. The van der Waals surface area contributed by atoms with Crippen molar-refractivity contribution in [2.75, 3.05) is 26.2 Å². The third-order valence-corrected chi connectivity index (χ3v) is 6.50. The topological polar surface area (TPSA) is 75.9 Å². The van der Waals surface area contributed by atoms with Gasteiger partial charge in [-0.15, -0.1) is 0 Å². The van der Waals surface area contributed by atoms with Crippen LogP contribution in [0.25, 0.3) is 11.0 Å². The Morgan fingerprint density at radius 1 is 1.19 bits per heavy atom. The molecule has 2 fully saturated rings. The fraction of sp³-hybridized carbons (Fsp3) is 0.400. The van der Waals surface area contributed by atoms with Gasteiger partial charge in [0.25, 0.3) is 11.8 Å². The first-order valence-corrected chi connectivity index (χ1v) is 11.2. The van der Waals surface area contributed by atoms with Crippen LogP contribution < -0.4 is 4.74 Å². The molecule has 2 aliphatic heterocycles. The van der Waals surface area contributed by atoms with E-state index >= 15 is 0 Å². The molecule has 1 aromatic carbocycles. The Hall–Kier alpha value is -3.35. The van der Waals surface area contributed by atoms with Crippen LogP contribution in [0.1, 0.15) is 46.2 Å². The molecule has 3 aromatic rings. The lowest BCUT2D eigenvalue weighted by Gasteiger charge is -2.37. The van der Waals surface area contributed by atoms with Gasteiger partial charge in [0.1, 0.15) is 16.9 Å². The molecule has 0 saturated carbocycles. The van der Waals surface area contributed by atoms with Gasteiger partial charge in [-0.05, 0) is 69.0 Å². The van der Waals surface area contributed by atoms with Crippen molar-refractivity contribution in [3.8, 4) is 5.88 Å². The van der Waals surface area contributed by atoms with E-state index < -0.39 is 0 Å². The molecule has 0 unspecified atom stereocenters. The number of benzene rings is 1. The van der Waals surface area contributed by atoms with Crippen LogP contribution in [0, 0.1) is 12.8 Å². The van der Waals surface area contributed by atoms with E-state index in [-0.39, 0.29) is 23.8 Å². The van der Waals surface area contributed by atoms with Gasteiger partial charge in [-0.25, -0.2) is 4.98 Å². The molecule has 4 heterocycles. The van der Waals surface area contributed by atoms with Crippen LogP contribution in [0.2, 0.25) is 0 Å². The SMILES string of the molecule is CCOc1ncccc1C(=O)N1CCC[C@H]2CN(C(=O)c3ccc4oc(C)cc4c3)C[C@H]21. The maximum absolute atomic E-state index is 13.4. The standard InChI is InChI=1S/C25H27N3O4/c1-3-31-23-20(7-4-10-26-23)25(30)28-11-5-6-18-14-27(15-21(18)28)24(29)17-8-9-22-19(13-17)12-16(2)32-22/h4,7-10,12-13,18,21H,3,5-6,11,14-15H2,1-2H3/t18-,21+/m0/s1. The highest BCUT2D eigenvalue weighted by molar-refractivity contribution is 5.99. The zero-order valence-corrected chi connectivity index (χ0v) is 18.4. The zero-order valence-electron chi connectivity index (χ0n) is 18.4. The minimum Gasteiger partial charge on any atom is -0.477 e. The normalized spacial score (nSPS) is 20.4. The second-order valence-electron chi connectivity index (χ2n) is 8.58. The highest BCUT2D eigenvalue weighted by Crippen LogP contribution is 2.33. The maximum atomic E-state index is 13.4. The Morgan fingerprint density at radius 3 is 2.91 bits per heavy atom. The van der Waals surface area contributed by atoms with Gasteiger partial charge in [-0.2, -0.15) is 0 Å². The van der Waals surface area contributed by atoms with E-state index in [4.69, 9.17) is 9.15 Å². The van der Waals surface area contributed by atoms with E-state index in [2.05, 4.69) is 4.98 Å². The average molecular weight is 434 g/mol. The number of carbonyl (C=O) groups excluding carboxylic acids is 2. The number of amides is 2. The molecule has 0 aliphatic carbocycles. The Balaban J connectivity index is 1.36. The Bertz CT molecular complexity index is 1170. The number of furan rings is 1. The van der Waals surface area contributed by atoms with Crippen LogP contribution in [-0.2, 0) is 0 Å². The van der Waals surface area contributed by atoms with Crippen molar-refractivity contribution in [2.45, 2.75) is 32.7 Å². The molecule has 7 heteroatoms. The number of carbonyl (C=O) groups is 2. The minimum absolute atomic E-state index is 0.00364. The van der Waals surface area contributed by atoms with Gasteiger partial charge in [0.15, 0.2) is 0 Å². The van der Waals surface area contributed by atoms with Gasteiger partial charge in [0.05, 0.1) is 12.6 Å². The molecule has 5 rings (SSSR count). The van der Waals surface area contributed by atoms with Crippen molar-refractivity contribution in [1.29, 1.82) is 0 Å². The number of aromatic nitrogens is 1. The molecule has 0 radical (unpaired) electrons. The third-order valence-electron chi connectivity index (χ3n) is 6.50. The Morgan fingerprint density at radius 2 is 2.06 bits per heavy atom. The summed E-state index contributed by atoms with van der Waals surface area (Å²) in [6, 6.07) is 11.0. The lowest BCUT2D eigenvalue weighted by Crippen LogP contribution is -2.48. The zero-order chi connectivity index (χ0) is 22.2. The van der Waals surface area contributed by atoms with Crippen LogP contribution in [0.4, 0.5) is 0 Å². The Labute approximate surface area is 187 Å². The largest absolute Gasteiger partial charge is 0.477 e. The summed E-state index contributed by atoms with van der Waals surface area (Å²) in [6.45, 7) is 6.12. The van der Waals surface area contributed by atoms with Crippen LogP contribution >= 0.6 is 0 Å². The van der Waals surface area contributed by atoms with E-state index in [1.165, 1.54) is 0 Å². The lowest BCUT2D eigenvalue weighted by molar-refractivity contribution is 0.0559. The monoisotopic (exact) mass is 433 g/mol. The van der Waals surface area contributed by atoms with Crippen LogP contribution in [0.5, 0.6) is 5.88 Å². The van der Waals surface area contributed by atoms with E-state index in [1.54, 1.807) is 18.3 Å². The van der Waals surface area contributed by atoms with Gasteiger partial charge in [-0.1, -0.05) is 0 Å². The molecule has 166 valence electrons.